The van der Waals surface area contributed by atoms with Crippen LogP contribution in [-0.2, 0) is 26.2 Å². The lowest BCUT2D eigenvalue weighted by Crippen LogP contribution is -2.50. The second-order valence-electron chi connectivity index (χ2n) is 10.2. The molecule has 2 amide bonds. The number of benzene rings is 2. The van der Waals surface area contributed by atoms with E-state index in [-0.39, 0.29) is 30.8 Å². The first-order valence-electron chi connectivity index (χ1n) is 13.3. The minimum atomic E-state index is -3.51. The van der Waals surface area contributed by atoms with Crippen LogP contribution < -0.4 is 9.62 Å². The maximum absolute atomic E-state index is 13.5. The van der Waals surface area contributed by atoms with Gasteiger partial charge in [-0.1, -0.05) is 61.7 Å². The van der Waals surface area contributed by atoms with E-state index in [1.54, 1.807) is 17.9 Å². The van der Waals surface area contributed by atoms with Crippen LogP contribution in [0.25, 0.3) is 0 Å². The van der Waals surface area contributed by atoms with Gasteiger partial charge in [-0.05, 0) is 62.8 Å². The Morgan fingerprint density at radius 2 is 1.59 bits per heavy atom. The van der Waals surface area contributed by atoms with Crippen molar-refractivity contribution < 1.29 is 18.0 Å². The predicted molar refractivity (Wildman–Crippen MR) is 149 cm³/mol. The molecule has 202 valence electrons. The van der Waals surface area contributed by atoms with E-state index in [0.717, 1.165) is 42.4 Å². The van der Waals surface area contributed by atoms with Crippen LogP contribution in [0.1, 0.15) is 68.6 Å². The van der Waals surface area contributed by atoms with Crippen molar-refractivity contribution in [2.24, 2.45) is 0 Å². The maximum atomic E-state index is 13.5. The molecule has 1 aliphatic rings. The van der Waals surface area contributed by atoms with Gasteiger partial charge < -0.3 is 10.2 Å². The van der Waals surface area contributed by atoms with Crippen molar-refractivity contribution in [3.05, 3.63) is 65.2 Å². The van der Waals surface area contributed by atoms with Gasteiger partial charge in [0, 0.05) is 25.6 Å². The zero-order valence-corrected chi connectivity index (χ0v) is 23.4. The molecule has 2 aromatic carbocycles. The Labute approximate surface area is 222 Å². The second-order valence-corrected chi connectivity index (χ2v) is 12.1. The maximum Gasteiger partial charge on any atom is 0.242 e. The first-order chi connectivity index (χ1) is 17.6. The Balaban J connectivity index is 1.73. The lowest BCUT2D eigenvalue weighted by atomic mass is 9.95. The molecule has 1 saturated carbocycles. The average Bonchev–Trinajstić information content (AvgIpc) is 2.86. The number of carbonyl (C=O) groups is 2. The number of hydrogen-bond donors (Lipinski definition) is 1. The van der Waals surface area contributed by atoms with E-state index < -0.39 is 16.1 Å². The number of aryl methyl sites for hydroxylation is 2. The highest BCUT2D eigenvalue weighted by atomic mass is 32.2. The molecule has 0 bridgehead atoms. The number of rotatable bonds is 11. The highest BCUT2D eigenvalue weighted by molar-refractivity contribution is 7.92. The normalized spacial score (nSPS) is 15.1. The van der Waals surface area contributed by atoms with Gasteiger partial charge in [0.25, 0.3) is 0 Å². The minimum absolute atomic E-state index is 0.133. The van der Waals surface area contributed by atoms with Crippen molar-refractivity contribution in [1.82, 2.24) is 10.2 Å². The third kappa shape index (κ3) is 8.06. The summed E-state index contributed by atoms with van der Waals surface area (Å²) in [5.41, 5.74) is 3.52. The van der Waals surface area contributed by atoms with E-state index in [0.29, 0.717) is 18.7 Å². The molecule has 0 saturated heterocycles. The van der Waals surface area contributed by atoms with E-state index in [1.807, 2.05) is 56.3 Å². The molecule has 0 aromatic heterocycles. The molecule has 8 heteroatoms. The number of carbonyl (C=O) groups excluding carboxylic acids is 2. The summed E-state index contributed by atoms with van der Waals surface area (Å²) in [7, 11) is -3.51. The number of nitrogens with one attached hydrogen (secondary N) is 1. The highest BCUT2D eigenvalue weighted by Gasteiger charge is 2.28. The molecule has 0 aliphatic heterocycles. The van der Waals surface area contributed by atoms with Gasteiger partial charge in [-0.2, -0.15) is 0 Å². The number of nitrogens with zero attached hydrogens (tertiary/aromatic N) is 2. The van der Waals surface area contributed by atoms with Gasteiger partial charge in [0.05, 0.1) is 11.9 Å². The van der Waals surface area contributed by atoms with Crippen molar-refractivity contribution in [1.29, 1.82) is 0 Å². The summed E-state index contributed by atoms with van der Waals surface area (Å²) in [5, 5.41) is 3.16. The highest BCUT2D eigenvalue weighted by Crippen LogP contribution is 2.23. The standard InChI is InChI=1S/C29H41N3O4S/c1-22-13-8-10-15-25(22)21-31(24(3)29(34)30-26-16-6-5-7-17-26)28(33)19-12-20-32(37(4,35)36)27-18-11-9-14-23(27)2/h8-11,13-15,18,24,26H,5-7,12,16-17,19-21H2,1-4H3,(H,30,34). The van der Waals surface area contributed by atoms with Crippen molar-refractivity contribution in [3.63, 3.8) is 0 Å². The molecule has 0 heterocycles. The van der Waals surface area contributed by atoms with Crippen LogP contribution in [0.5, 0.6) is 0 Å². The van der Waals surface area contributed by atoms with Crippen LogP contribution in [0.2, 0.25) is 0 Å². The summed E-state index contributed by atoms with van der Waals surface area (Å²) in [6.07, 6.45) is 7.06. The lowest BCUT2D eigenvalue weighted by Gasteiger charge is -2.32. The number of para-hydroxylation sites is 1. The minimum Gasteiger partial charge on any atom is -0.352 e. The van der Waals surface area contributed by atoms with Gasteiger partial charge in [0.15, 0.2) is 0 Å². The van der Waals surface area contributed by atoms with E-state index in [4.69, 9.17) is 0 Å². The van der Waals surface area contributed by atoms with Gasteiger partial charge in [-0.3, -0.25) is 13.9 Å². The fraction of sp³-hybridized carbons (Fsp3) is 0.517. The molecule has 3 rings (SSSR count). The topological polar surface area (TPSA) is 86.8 Å². The molecule has 1 fully saturated rings. The Hall–Kier alpha value is -2.87. The molecule has 0 spiro atoms. The average molecular weight is 528 g/mol. The van der Waals surface area contributed by atoms with Crippen LogP contribution in [0.15, 0.2) is 48.5 Å². The van der Waals surface area contributed by atoms with Crippen LogP contribution >= 0.6 is 0 Å². The summed E-state index contributed by atoms with van der Waals surface area (Å²) in [5.74, 6) is -0.292. The molecule has 1 atom stereocenters. The van der Waals surface area contributed by atoms with Crippen molar-refractivity contribution in [2.75, 3.05) is 17.1 Å². The summed E-state index contributed by atoms with van der Waals surface area (Å²) in [6, 6.07) is 14.7. The van der Waals surface area contributed by atoms with Crippen LogP contribution in [0, 0.1) is 13.8 Å². The van der Waals surface area contributed by atoms with Crippen LogP contribution in [-0.4, -0.2) is 50.0 Å². The molecular weight excluding hydrogens is 486 g/mol. The molecule has 37 heavy (non-hydrogen) atoms. The Bertz CT molecular complexity index is 1180. The smallest absolute Gasteiger partial charge is 0.242 e. The van der Waals surface area contributed by atoms with Gasteiger partial charge in [-0.25, -0.2) is 8.42 Å². The van der Waals surface area contributed by atoms with Gasteiger partial charge in [-0.15, -0.1) is 0 Å². The summed E-state index contributed by atoms with van der Waals surface area (Å²) >= 11 is 0. The Morgan fingerprint density at radius 3 is 2.22 bits per heavy atom. The van der Waals surface area contributed by atoms with Crippen LogP contribution in [0.3, 0.4) is 0 Å². The second kappa shape index (κ2) is 13.1. The Kier molecular flexibility index (Phi) is 10.1. The zero-order chi connectivity index (χ0) is 27.0. The largest absolute Gasteiger partial charge is 0.352 e. The fourth-order valence-corrected chi connectivity index (χ4v) is 5.97. The summed E-state index contributed by atoms with van der Waals surface area (Å²) < 4.78 is 26.4. The molecule has 1 N–H and O–H groups in total. The molecule has 1 unspecified atom stereocenters. The predicted octanol–water partition coefficient (Wildman–Crippen LogP) is 4.72. The number of anilines is 1. The number of amides is 2. The monoisotopic (exact) mass is 527 g/mol. The quantitative estimate of drug-likeness (QED) is 0.458. The van der Waals surface area contributed by atoms with Crippen molar-refractivity contribution in [2.45, 2.75) is 84.3 Å². The molecule has 2 aromatic rings. The first-order valence-corrected chi connectivity index (χ1v) is 15.1. The van der Waals surface area contributed by atoms with Gasteiger partial charge >= 0.3 is 0 Å². The van der Waals surface area contributed by atoms with Gasteiger partial charge in [0.1, 0.15) is 6.04 Å². The molecule has 1 aliphatic carbocycles. The van der Waals surface area contributed by atoms with Crippen LogP contribution in [0.4, 0.5) is 5.69 Å². The van der Waals surface area contributed by atoms with Gasteiger partial charge in [0.2, 0.25) is 21.8 Å². The molecular formula is C29H41N3O4S. The SMILES string of the molecule is Cc1ccccc1CN(C(=O)CCCN(c1ccccc1C)S(C)(=O)=O)C(C)C(=O)NC1CCCCC1. The van der Waals surface area contributed by atoms with Crippen molar-refractivity contribution in [3.8, 4) is 0 Å². The van der Waals surface area contributed by atoms with E-state index in [2.05, 4.69) is 5.32 Å². The number of hydrogen-bond acceptors (Lipinski definition) is 4. The third-order valence-electron chi connectivity index (χ3n) is 7.26. The molecule has 7 nitrogen and oxygen atoms in total. The van der Waals surface area contributed by atoms with Crippen molar-refractivity contribution >= 4 is 27.5 Å². The summed E-state index contributed by atoms with van der Waals surface area (Å²) in [4.78, 5) is 28.3. The Morgan fingerprint density at radius 1 is 0.973 bits per heavy atom. The third-order valence-corrected chi connectivity index (χ3v) is 8.44. The summed E-state index contributed by atoms with van der Waals surface area (Å²) in [6.45, 7) is 6.17. The van der Waals surface area contributed by atoms with E-state index in [1.165, 1.54) is 17.0 Å². The number of sulfonamides is 1. The first kappa shape index (κ1) is 28.7. The molecule has 0 radical (unpaired) electrons. The zero-order valence-electron chi connectivity index (χ0n) is 22.6. The fourth-order valence-electron chi connectivity index (χ4n) is 4.95. The van der Waals surface area contributed by atoms with E-state index in [9.17, 15) is 18.0 Å². The van der Waals surface area contributed by atoms with E-state index >= 15 is 0 Å². The lowest BCUT2D eigenvalue weighted by molar-refractivity contribution is -0.141.